The number of piperidine rings is 1. The minimum absolute atomic E-state index is 0.0270. The van der Waals surface area contributed by atoms with Gasteiger partial charge in [0.1, 0.15) is 5.69 Å². The van der Waals surface area contributed by atoms with Crippen molar-refractivity contribution in [3.63, 3.8) is 0 Å². The molecule has 5 N–H and O–H groups in total. The topological polar surface area (TPSA) is 155 Å². The molecule has 3 heterocycles. The van der Waals surface area contributed by atoms with Crippen LogP contribution in [0.4, 0.5) is 11.7 Å². The lowest BCUT2D eigenvalue weighted by atomic mass is 9.84. The molecule has 2 aromatic heterocycles. The largest absolute Gasteiger partial charge is 0.424 e. The number of nitrogens with one attached hydrogen (secondary N) is 3. The van der Waals surface area contributed by atoms with Crippen LogP contribution in [0.5, 0.6) is 0 Å². The van der Waals surface area contributed by atoms with Crippen molar-refractivity contribution >= 4 is 29.4 Å². The number of amides is 3. The summed E-state index contributed by atoms with van der Waals surface area (Å²) in [6, 6.07) is 11.5. The number of rotatable bonds is 9. The van der Waals surface area contributed by atoms with Crippen LogP contribution in [-0.2, 0) is 4.79 Å². The van der Waals surface area contributed by atoms with E-state index in [0.29, 0.717) is 17.3 Å². The van der Waals surface area contributed by atoms with Crippen LogP contribution in [0.3, 0.4) is 0 Å². The van der Waals surface area contributed by atoms with Gasteiger partial charge in [0.05, 0.1) is 18.1 Å². The van der Waals surface area contributed by atoms with Gasteiger partial charge in [-0.25, -0.2) is 9.97 Å². The zero-order valence-electron chi connectivity index (χ0n) is 24.5. The van der Waals surface area contributed by atoms with E-state index in [-0.39, 0.29) is 35.1 Å². The molecule has 3 aromatic rings. The Morgan fingerprint density at radius 1 is 1.00 bits per heavy atom. The summed E-state index contributed by atoms with van der Waals surface area (Å²) in [7, 11) is 0. The van der Waals surface area contributed by atoms with E-state index < -0.39 is 11.8 Å². The second kappa shape index (κ2) is 12.2. The normalized spacial score (nSPS) is 23.9. The minimum atomic E-state index is -0.483. The molecular weight excluding hydrogens is 546 g/mol. The van der Waals surface area contributed by atoms with E-state index >= 15 is 0 Å². The molecule has 11 nitrogen and oxygen atoms in total. The lowest BCUT2D eigenvalue weighted by molar-refractivity contribution is -0.121. The van der Waals surface area contributed by atoms with Crippen molar-refractivity contribution < 1.29 is 18.8 Å². The number of pyridine rings is 1. The van der Waals surface area contributed by atoms with E-state index in [1.807, 2.05) is 12.1 Å². The molecule has 0 unspecified atom stereocenters. The molecule has 1 aromatic carbocycles. The zero-order chi connectivity index (χ0) is 30.0. The maximum atomic E-state index is 12.4. The van der Waals surface area contributed by atoms with Gasteiger partial charge < -0.3 is 25.7 Å². The lowest BCUT2D eigenvalue weighted by Crippen LogP contribution is -2.61. The first-order valence-electron chi connectivity index (χ1n) is 15.2. The van der Waals surface area contributed by atoms with Crippen LogP contribution in [0.2, 0.25) is 0 Å². The molecule has 11 heteroatoms. The van der Waals surface area contributed by atoms with Gasteiger partial charge in [0.2, 0.25) is 11.8 Å². The maximum Gasteiger partial charge on any atom is 0.295 e. The highest BCUT2D eigenvalue weighted by Gasteiger charge is 2.37. The van der Waals surface area contributed by atoms with Gasteiger partial charge >= 0.3 is 0 Å². The second-order valence-corrected chi connectivity index (χ2v) is 12.3. The Morgan fingerprint density at radius 3 is 2.56 bits per heavy atom. The van der Waals surface area contributed by atoms with Crippen molar-refractivity contribution in [3.8, 4) is 11.3 Å². The second-order valence-electron chi connectivity index (χ2n) is 12.3. The SMILES string of the molecule is C[C@]1(N[C@@H]2CCCC[C@H]2Nc2ncc(-c3cccc(C(N)=O)c3)o2)CCCN(c2ccc(C(=O)NC(=O)C3CC3)nc2)C1. The van der Waals surface area contributed by atoms with E-state index in [4.69, 9.17) is 10.2 Å². The van der Waals surface area contributed by atoms with Crippen LogP contribution >= 0.6 is 0 Å². The van der Waals surface area contributed by atoms with Gasteiger partial charge in [-0.15, -0.1) is 0 Å². The van der Waals surface area contributed by atoms with Crippen molar-refractivity contribution in [2.24, 2.45) is 11.7 Å². The number of oxazole rings is 1. The molecule has 0 bridgehead atoms. The number of nitrogens with zero attached hydrogens (tertiary/aromatic N) is 3. The average molecular weight is 586 g/mol. The molecule has 43 heavy (non-hydrogen) atoms. The Bertz CT molecular complexity index is 1480. The zero-order valence-corrected chi connectivity index (χ0v) is 24.5. The predicted octanol–water partition coefficient (Wildman–Crippen LogP) is 3.87. The number of imide groups is 1. The molecular formula is C32H39N7O4. The highest BCUT2D eigenvalue weighted by atomic mass is 16.4. The molecule has 3 fully saturated rings. The Morgan fingerprint density at radius 2 is 1.81 bits per heavy atom. The molecule has 3 atom stereocenters. The third-order valence-electron chi connectivity index (χ3n) is 8.77. The molecule has 226 valence electrons. The Labute approximate surface area is 251 Å². The van der Waals surface area contributed by atoms with Gasteiger partial charge in [0.15, 0.2) is 5.76 Å². The number of carbonyl (C=O) groups is 3. The van der Waals surface area contributed by atoms with E-state index in [2.05, 4.69) is 37.7 Å². The molecule has 6 rings (SSSR count). The summed E-state index contributed by atoms with van der Waals surface area (Å²) >= 11 is 0. The fourth-order valence-corrected chi connectivity index (χ4v) is 6.29. The van der Waals surface area contributed by atoms with E-state index in [9.17, 15) is 14.4 Å². The Kier molecular flexibility index (Phi) is 8.16. The fraction of sp³-hybridized carbons (Fsp3) is 0.469. The average Bonchev–Trinajstić information content (AvgIpc) is 3.76. The molecule has 1 aliphatic heterocycles. The van der Waals surface area contributed by atoms with Crippen molar-refractivity contribution in [1.29, 1.82) is 0 Å². The first-order chi connectivity index (χ1) is 20.8. The highest BCUT2D eigenvalue weighted by molar-refractivity contribution is 6.04. The minimum Gasteiger partial charge on any atom is -0.424 e. The molecule has 2 aliphatic carbocycles. The van der Waals surface area contributed by atoms with E-state index in [0.717, 1.165) is 75.7 Å². The summed E-state index contributed by atoms with van der Waals surface area (Å²) in [5, 5.41) is 9.97. The number of anilines is 2. The first-order valence-corrected chi connectivity index (χ1v) is 15.2. The first kappa shape index (κ1) is 28.9. The summed E-state index contributed by atoms with van der Waals surface area (Å²) in [5.41, 5.74) is 7.71. The monoisotopic (exact) mass is 585 g/mol. The third-order valence-corrected chi connectivity index (χ3v) is 8.77. The van der Waals surface area contributed by atoms with Crippen LogP contribution in [0, 0.1) is 5.92 Å². The predicted molar refractivity (Wildman–Crippen MR) is 163 cm³/mol. The van der Waals surface area contributed by atoms with E-state index in [1.54, 1.807) is 36.7 Å². The van der Waals surface area contributed by atoms with Crippen molar-refractivity contribution in [2.45, 2.75) is 75.9 Å². The smallest absolute Gasteiger partial charge is 0.295 e. The van der Waals surface area contributed by atoms with Crippen LogP contribution in [0.15, 0.2) is 53.2 Å². The number of aromatic nitrogens is 2. The van der Waals surface area contributed by atoms with Gasteiger partial charge in [-0.1, -0.05) is 25.0 Å². The summed E-state index contributed by atoms with van der Waals surface area (Å²) in [4.78, 5) is 47.1. The number of nitrogens with two attached hydrogens (primary N) is 1. The number of hydrogen-bond acceptors (Lipinski definition) is 9. The van der Waals surface area contributed by atoms with Crippen LogP contribution in [-0.4, -0.2) is 58.4 Å². The Balaban J connectivity index is 1.08. The van der Waals surface area contributed by atoms with E-state index in [1.165, 1.54) is 0 Å². The van der Waals surface area contributed by atoms with Crippen molar-refractivity contribution in [3.05, 3.63) is 60.0 Å². The summed E-state index contributed by atoms with van der Waals surface area (Å²) in [6.07, 6.45) is 11.5. The van der Waals surface area contributed by atoms with Gasteiger partial charge in [-0.3, -0.25) is 19.7 Å². The van der Waals surface area contributed by atoms with Crippen LogP contribution in [0.25, 0.3) is 11.3 Å². The molecule has 0 spiro atoms. The maximum absolute atomic E-state index is 12.4. The molecule has 1 saturated heterocycles. The quantitative estimate of drug-likeness (QED) is 0.274. The fourth-order valence-electron chi connectivity index (χ4n) is 6.29. The summed E-state index contributed by atoms with van der Waals surface area (Å²) < 4.78 is 6.04. The number of primary amides is 1. The van der Waals surface area contributed by atoms with Crippen LogP contribution < -0.4 is 26.6 Å². The standard InChI is InChI=1S/C32H39N7O4/c1-32(14-5-15-39(19-32)23-12-13-26(34-17-23)30(42)37-29(41)20-10-11-20)38-25-9-3-2-8-24(25)36-31-35-18-27(43-31)21-6-4-7-22(16-21)28(33)40/h4,6-7,12-13,16-18,20,24-25,38H,2-3,5,8-11,14-15,19H2,1H3,(H2,33,40)(H,35,36)(H,37,41,42)/t24-,25-,32+/m1/s1. The molecule has 0 radical (unpaired) electrons. The van der Waals surface area contributed by atoms with Gasteiger partial charge in [0.25, 0.3) is 11.9 Å². The molecule has 3 amide bonds. The van der Waals surface area contributed by atoms with Gasteiger partial charge in [0, 0.05) is 47.8 Å². The van der Waals surface area contributed by atoms with Gasteiger partial charge in [-0.2, -0.15) is 0 Å². The Hall–Kier alpha value is -4.25. The molecule has 2 saturated carbocycles. The number of hydrogen-bond donors (Lipinski definition) is 4. The lowest BCUT2D eigenvalue weighted by Gasteiger charge is -2.46. The number of carbonyl (C=O) groups excluding carboxylic acids is 3. The highest BCUT2D eigenvalue weighted by Crippen LogP contribution is 2.31. The summed E-state index contributed by atoms with van der Waals surface area (Å²) in [5.74, 6) is -0.583. The van der Waals surface area contributed by atoms with Crippen LogP contribution in [0.1, 0.15) is 79.1 Å². The molecule has 3 aliphatic rings. The summed E-state index contributed by atoms with van der Waals surface area (Å²) in [6.45, 7) is 3.99. The number of benzene rings is 1. The van der Waals surface area contributed by atoms with Crippen molar-refractivity contribution in [1.82, 2.24) is 20.6 Å². The van der Waals surface area contributed by atoms with Gasteiger partial charge in [-0.05, 0) is 69.7 Å². The van der Waals surface area contributed by atoms with Crippen molar-refractivity contribution in [2.75, 3.05) is 23.3 Å². The third kappa shape index (κ3) is 6.88.